The molecule has 0 fully saturated rings. The van der Waals surface area contributed by atoms with E-state index >= 15 is 0 Å². The lowest BCUT2D eigenvalue weighted by Gasteiger charge is -2.17. The zero-order valence-electron chi connectivity index (χ0n) is 23.3. The number of benzene rings is 4. The number of hydrogen-bond acceptors (Lipinski definition) is 7. The van der Waals surface area contributed by atoms with Gasteiger partial charge >= 0.3 is 11.9 Å². The number of nitrogens with one attached hydrogen (secondary N) is 1. The van der Waals surface area contributed by atoms with Crippen LogP contribution in [0.15, 0.2) is 97.1 Å². The van der Waals surface area contributed by atoms with Gasteiger partial charge in [-0.15, -0.1) is 0 Å². The molecule has 0 aliphatic heterocycles. The standard InChI is InChI=1S/C16H15Cl2NO2.C9H10ClNO2.C7H5ClO/c1-21-16(20)15(12-4-8-14(18)9-5-12)19-10-11-2-6-13(17)7-3-11;1-13-9(12)8(11)6-2-4-7(10)5-3-6;8-7-3-1-6(5-9)2-4-7/h2-9,15,19H,10H2,1H3;2-5,8H,11H2,1H3;1-5H. The van der Waals surface area contributed by atoms with Crippen molar-refractivity contribution in [2.75, 3.05) is 14.2 Å². The van der Waals surface area contributed by atoms with E-state index in [2.05, 4.69) is 10.1 Å². The van der Waals surface area contributed by atoms with Crippen molar-refractivity contribution in [1.29, 1.82) is 0 Å². The van der Waals surface area contributed by atoms with Gasteiger partial charge in [-0.05, 0) is 65.2 Å². The zero-order chi connectivity index (χ0) is 31.8. The number of hydrogen-bond donors (Lipinski definition) is 2. The summed E-state index contributed by atoms with van der Waals surface area (Å²) in [5, 5.41) is 5.75. The first-order chi connectivity index (χ1) is 20.6. The molecule has 0 radical (unpaired) electrons. The average molecular weight is 664 g/mol. The predicted molar refractivity (Wildman–Crippen MR) is 172 cm³/mol. The summed E-state index contributed by atoms with van der Waals surface area (Å²) in [6.07, 6.45) is 0.788. The molecule has 0 aromatic heterocycles. The van der Waals surface area contributed by atoms with Crippen LogP contribution in [0.25, 0.3) is 0 Å². The van der Waals surface area contributed by atoms with Crippen molar-refractivity contribution < 1.29 is 23.9 Å². The lowest BCUT2D eigenvalue weighted by molar-refractivity contribution is -0.143. The molecule has 226 valence electrons. The van der Waals surface area contributed by atoms with E-state index in [1.54, 1.807) is 72.8 Å². The number of rotatable bonds is 8. The van der Waals surface area contributed by atoms with Gasteiger partial charge in [0, 0.05) is 32.2 Å². The molecule has 4 aromatic carbocycles. The molecular weight excluding hydrogens is 634 g/mol. The molecule has 0 heterocycles. The number of carbonyl (C=O) groups excluding carboxylic acids is 3. The zero-order valence-corrected chi connectivity index (χ0v) is 26.3. The molecule has 4 rings (SSSR count). The quantitative estimate of drug-likeness (QED) is 0.147. The maximum absolute atomic E-state index is 11.9. The fraction of sp³-hybridized carbons (Fsp3) is 0.156. The number of methoxy groups -OCH3 is 2. The molecule has 0 aliphatic rings. The fourth-order valence-corrected chi connectivity index (χ4v) is 3.91. The van der Waals surface area contributed by atoms with Gasteiger partial charge in [-0.3, -0.25) is 14.9 Å². The molecule has 0 aliphatic carbocycles. The lowest BCUT2D eigenvalue weighted by atomic mass is 10.1. The summed E-state index contributed by atoms with van der Waals surface area (Å²) >= 11 is 22.9. The largest absolute Gasteiger partial charge is 0.468 e. The van der Waals surface area contributed by atoms with E-state index in [0.717, 1.165) is 17.4 Å². The Hall–Kier alpha value is -3.43. The van der Waals surface area contributed by atoms with Crippen molar-refractivity contribution >= 4 is 64.6 Å². The van der Waals surface area contributed by atoms with E-state index in [-0.39, 0.29) is 5.97 Å². The van der Waals surface area contributed by atoms with Gasteiger partial charge in [0.1, 0.15) is 18.4 Å². The van der Waals surface area contributed by atoms with Crippen LogP contribution in [0.3, 0.4) is 0 Å². The highest BCUT2D eigenvalue weighted by Crippen LogP contribution is 2.19. The molecule has 3 N–H and O–H groups in total. The summed E-state index contributed by atoms with van der Waals surface area (Å²) in [6, 6.07) is 26.8. The van der Waals surface area contributed by atoms with Crippen molar-refractivity contribution in [3.63, 3.8) is 0 Å². The summed E-state index contributed by atoms with van der Waals surface area (Å²) in [5.41, 5.74) is 8.76. The number of halogens is 4. The Kier molecular flexibility index (Phi) is 15.8. The van der Waals surface area contributed by atoms with Gasteiger partial charge < -0.3 is 15.2 Å². The molecule has 0 saturated heterocycles. The Labute approximate surface area is 270 Å². The average Bonchev–Trinajstić information content (AvgIpc) is 3.03. The summed E-state index contributed by atoms with van der Waals surface area (Å²) < 4.78 is 9.35. The number of nitrogens with two attached hydrogens (primary N) is 1. The number of ether oxygens (including phenoxy) is 2. The van der Waals surface area contributed by atoms with Gasteiger partial charge in [0.25, 0.3) is 0 Å². The number of carbonyl (C=O) groups is 3. The second-order valence-corrected chi connectivity index (χ2v) is 10.5. The third kappa shape index (κ3) is 12.8. The Morgan fingerprint density at radius 1 is 0.674 bits per heavy atom. The predicted octanol–water partition coefficient (Wildman–Crippen LogP) is 7.66. The van der Waals surface area contributed by atoms with E-state index in [1.807, 2.05) is 24.3 Å². The number of aldehydes is 1. The van der Waals surface area contributed by atoms with E-state index in [9.17, 15) is 14.4 Å². The Bertz CT molecular complexity index is 1430. The normalized spacial score (nSPS) is 11.4. The minimum absolute atomic E-state index is 0.341. The van der Waals surface area contributed by atoms with Crippen LogP contribution in [0.2, 0.25) is 20.1 Å². The second-order valence-electron chi connectivity index (χ2n) is 8.74. The first-order valence-electron chi connectivity index (χ1n) is 12.7. The van der Waals surface area contributed by atoms with Crippen LogP contribution in [0.5, 0.6) is 0 Å². The van der Waals surface area contributed by atoms with Crippen LogP contribution in [-0.2, 0) is 25.6 Å². The van der Waals surface area contributed by atoms with Crippen LogP contribution in [0.4, 0.5) is 0 Å². The second kappa shape index (κ2) is 19.0. The van der Waals surface area contributed by atoms with Crippen molar-refractivity contribution in [2.45, 2.75) is 18.6 Å². The Morgan fingerprint density at radius 2 is 1.07 bits per heavy atom. The van der Waals surface area contributed by atoms with Crippen molar-refractivity contribution in [3.05, 3.63) is 139 Å². The van der Waals surface area contributed by atoms with E-state index in [4.69, 9.17) is 56.9 Å². The molecular formula is C32H30Cl4N2O5. The maximum Gasteiger partial charge on any atom is 0.327 e. The third-order valence-corrected chi connectivity index (χ3v) is 6.76. The van der Waals surface area contributed by atoms with Crippen LogP contribution in [0, 0.1) is 0 Å². The molecule has 0 spiro atoms. The molecule has 0 saturated carbocycles. The van der Waals surface area contributed by atoms with Gasteiger partial charge in [0.05, 0.1) is 14.2 Å². The van der Waals surface area contributed by atoms with Crippen LogP contribution < -0.4 is 11.1 Å². The first kappa shape index (κ1) is 35.8. The third-order valence-electron chi connectivity index (χ3n) is 5.75. The monoisotopic (exact) mass is 662 g/mol. The molecule has 11 heteroatoms. The van der Waals surface area contributed by atoms with Gasteiger partial charge in [0.2, 0.25) is 0 Å². The van der Waals surface area contributed by atoms with Crippen molar-refractivity contribution in [3.8, 4) is 0 Å². The Morgan fingerprint density at radius 3 is 1.49 bits per heavy atom. The summed E-state index contributed by atoms with van der Waals surface area (Å²) in [5.74, 6) is -0.798. The highest BCUT2D eigenvalue weighted by Gasteiger charge is 2.20. The van der Waals surface area contributed by atoms with Gasteiger partial charge in [-0.1, -0.05) is 94.9 Å². The first-order valence-corrected chi connectivity index (χ1v) is 14.2. The summed E-state index contributed by atoms with van der Waals surface area (Å²) in [7, 11) is 2.67. The minimum Gasteiger partial charge on any atom is -0.468 e. The summed E-state index contributed by atoms with van der Waals surface area (Å²) in [6.45, 7) is 0.527. The van der Waals surface area contributed by atoms with Crippen molar-refractivity contribution in [1.82, 2.24) is 5.32 Å². The van der Waals surface area contributed by atoms with Gasteiger partial charge in [0.15, 0.2) is 0 Å². The maximum atomic E-state index is 11.9. The van der Waals surface area contributed by atoms with Gasteiger partial charge in [-0.25, -0.2) is 4.79 Å². The molecule has 43 heavy (non-hydrogen) atoms. The van der Waals surface area contributed by atoms with Gasteiger partial charge in [-0.2, -0.15) is 0 Å². The molecule has 0 amide bonds. The molecule has 2 atom stereocenters. The minimum atomic E-state index is -0.734. The molecule has 2 unspecified atom stereocenters. The van der Waals surface area contributed by atoms with Crippen molar-refractivity contribution in [2.24, 2.45) is 5.73 Å². The van der Waals surface area contributed by atoms with Crippen LogP contribution in [-0.4, -0.2) is 32.4 Å². The SMILES string of the molecule is COC(=O)C(N)c1ccc(Cl)cc1.COC(=O)C(NCc1ccc(Cl)cc1)c1ccc(Cl)cc1.O=Cc1ccc(Cl)cc1. The lowest BCUT2D eigenvalue weighted by Crippen LogP contribution is -2.29. The molecule has 7 nitrogen and oxygen atoms in total. The Balaban J connectivity index is 0.000000249. The molecule has 0 bridgehead atoms. The van der Waals surface area contributed by atoms with E-state index in [0.29, 0.717) is 37.8 Å². The van der Waals surface area contributed by atoms with Crippen LogP contribution in [0.1, 0.15) is 39.1 Å². The highest BCUT2D eigenvalue weighted by atomic mass is 35.5. The topological polar surface area (TPSA) is 108 Å². The smallest absolute Gasteiger partial charge is 0.327 e. The molecule has 4 aromatic rings. The fourth-order valence-electron chi connectivity index (χ4n) is 3.41. The highest BCUT2D eigenvalue weighted by molar-refractivity contribution is 6.31. The van der Waals surface area contributed by atoms with Crippen LogP contribution >= 0.6 is 46.4 Å². The summed E-state index contributed by atoms with van der Waals surface area (Å²) in [4.78, 5) is 33.0. The number of esters is 2. The van der Waals surface area contributed by atoms with E-state index in [1.165, 1.54) is 14.2 Å². The van der Waals surface area contributed by atoms with E-state index < -0.39 is 18.1 Å².